The number of benzene rings is 1. The molecular weight excluding hydrogens is 382 g/mol. The molecule has 0 spiro atoms. The number of nitrogens with zero attached hydrogens (tertiary/aromatic N) is 1. The van der Waals surface area contributed by atoms with Gasteiger partial charge in [-0.1, -0.05) is 25.3 Å². The van der Waals surface area contributed by atoms with E-state index in [9.17, 15) is 9.59 Å². The lowest BCUT2D eigenvalue weighted by molar-refractivity contribution is -0.155. The van der Waals surface area contributed by atoms with Gasteiger partial charge in [0.15, 0.2) is 11.5 Å². The van der Waals surface area contributed by atoms with Gasteiger partial charge in [-0.3, -0.25) is 4.79 Å². The van der Waals surface area contributed by atoms with Crippen LogP contribution in [0.1, 0.15) is 68.4 Å². The van der Waals surface area contributed by atoms with Crippen molar-refractivity contribution in [1.29, 1.82) is 0 Å². The molecule has 0 N–H and O–H groups in total. The summed E-state index contributed by atoms with van der Waals surface area (Å²) in [5, 5.41) is 0. The van der Waals surface area contributed by atoms with Gasteiger partial charge in [0.2, 0.25) is 5.91 Å². The number of esters is 1. The number of rotatable bonds is 6. The highest BCUT2D eigenvalue weighted by Gasteiger charge is 2.40. The molecule has 1 aromatic rings. The van der Waals surface area contributed by atoms with Crippen LogP contribution >= 0.6 is 0 Å². The van der Waals surface area contributed by atoms with Crippen LogP contribution in [0.5, 0.6) is 11.5 Å². The number of carbonyl (C=O) groups is 2. The molecule has 2 aliphatic rings. The Balaban J connectivity index is 2.01. The quantitative estimate of drug-likeness (QED) is 0.648. The van der Waals surface area contributed by atoms with Crippen LogP contribution in [0.15, 0.2) is 12.1 Å². The van der Waals surface area contributed by atoms with Crippen molar-refractivity contribution in [2.75, 3.05) is 27.9 Å². The first-order valence-electron chi connectivity index (χ1n) is 11.1. The van der Waals surface area contributed by atoms with Gasteiger partial charge >= 0.3 is 5.97 Å². The Morgan fingerprint density at radius 1 is 0.967 bits per heavy atom. The number of hydrogen-bond acceptors (Lipinski definition) is 5. The van der Waals surface area contributed by atoms with Gasteiger partial charge in [0.25, 0.3) is 0 Å². The van der Waals surface area contributed by atoms with Crippen LogP contribution < -0.4 is 9.47 Å². The summed E-state index contributed by atoms with van der Waals surface area (Å²) in [6.07, 6.45) is 8.08. The lowest BCUT2D eigenvalue weighted by Gasteiger charge is -2.39. The predicted molar refractivity (Wildman–Crippen MR) is 115 cm³/mol. The minimum absolute atomic E-state index is 0.0450. The van der Waals surface area contributed by atoms with Crippen molar-refractivity contribution in [3.8, 4) is 11.5 Å². The molecule has 1 aliphatic heterocycles. The fourth-order valence-corrected chi connectivity index (χ4v) is 5.20. The van der Waals surface area contributed by atoms with Gasteiger partial charge in [-0.05, 0) is 62.1 Å². The van der Waals surface area contributed by atoms with E-state index in [4.69, 9.17) is 14.2 Å². The van der Waals surface area contributed by atoms with E-state index >= 15 is 0 Å². The topological polar surface area (TPSA) is 65.1 Å². The molecule has 30 heavy (non-hydrogen) atoms. The molecule has 1 heterocycles. The number of likely N-dealkylation sites (tertiary alicyclic amines) is 1. The minimum Gasteiger partial charge on any atom is -0.493 e. The minimum atomic E-state index is -0.483. The Bertz CT molecular complexity index is 756. The molecular formula is C24H35NO5. The summed E-state index contributed by atoms with van der Waals surface area (Å²) in [5.41, 5.74) is 1.90. The molecule has 3 rings (SSSR count). The van der Waals surface area contributed by atoms with Crippen molar-refractivity contribution in [3.05, 3.63) is 23.3 Å². The standard InChI is InChI=1S/C24H35NO5/c1-16-14-18(15-20(28-2)22(16)29-3)21(17-10-6-5-7-11-17)23(26)25-13-9-8-12-19(25)24(27)30-4/h14-15,17,19,21H,5-13H2,1-4H3/t19-,21-/m0/s1. The normalized spacial score (nSPS) is 21.1. The Labute approximate surface area is 179 Å². The van der Waals surface area contributed by atoms with Crippen LogP contribution in [0.25, 0.3) is 0 Å². The molecule has 166 valence electrons. The predicted octanol–water partition coefficient (Wildman–Crippen LogP) is 4.23. The second kappa shape index (κ2) is 10.2. The zero-order chi connectivity index (χ0) is 21.7. The van der Waals surface area contributed by atoms with Gasteiger partial charge in [0.05, 0.1) is 27.2 Å². The molecule has 2 fully saturated rings. The summed E-state index contributed by atoms with van der Waals surface area (Å²) >= 11 is 0. The molecule has 1 amide bonds. The van der Waals surface area contributed by atoms with E-state index in [1.54, 1.807) is 19.1 Å². The maximum atomic E-state index is 13.9. The van der Waals surface area contributed by atoms with E-state index in [0.29, 0.717) is 24.5 Å². The monoisotopic (exact) mass is 417 g/mol. The van der Waals surface area contributed by atoms with Crippen molar-refractivity contribution >= 4 is 11.9 Å². The van der Waals surface area contributed by atoms with Crippen molar-refractivity contribution in [1.82, 2.24) is 4.90 Å². The summed E-state index contributed by atoms with van der Waals surface area (Å²) in [6, 6.07) is 3.51. The van der Waals surface area contributed by atoms with E-state index in [0.717, 1.165) is 49.7 Å². The number of methoxy groups -OCH3 is 3. The third kappa shape index (κ3) is 4.57. The smallest absolute Gasteiger partial charge is 0.328 e. The van der Waals surface area contributed by atoms with Crippen LogP contribution in [-0.2, 0) is 14.3 Å². The Hall–Kier alpha value is -2.24. The average Bonchev–Trinajstić information content (AvgIpc) is 2.78. The molecule has 6 heteroatoms. The molecule has 1 aliphatic carbocycles. The Morgan fingerprint density at radius 2 is 1.67 bits per heavy atom. The van der Waals surface area contributed by atoms with Crippen molar-refractivity contribution in [3.63, 3.8) is 0 Å². The van der Waals surface area contributed by atoms with E-state index in [1.165, 1.54) is 13.5 Å². The average molecular weight is 418 g/mol. The maximum Gasteiger partial charge on any atom is 0.328 e. The summed E-state index contributed by atoms with van der Waals surface area (Å²) in [6.45, 7) is 2.58. The van der Waals surface area contributed by atoms with E-state index in [-0.39, 0.29) is 23.7 Å². The molecule has 1 saturated heterocycles. The number of hydrogen-bond donors (Lipinski definition) is 0. The Morgan fingerprint density at radius 3 is 2.30 bits per heavy atom. The number of piperidine rings is 1. The largest absolute Gasteiger partial charge is 0.493 e. The summed E-state index contributed by atoms with van der Waals surface area (Å²) in [4.78, 5) is 28.1. The van der Waals surface area contributed by atoms with Gasteiger partial charge in [0.1, 0.15) is 6.04 Å². The zero-order valence-corrected chi connectivity index (χ0v) is 18.7. The highest BCUT2D eigenvalue weighted by Crippen LogP contribution is 2.42. The highest BCUT2D eigenvalue weighted by molar-refractivity contribution is 5.89. The third-order valence-corrected chi connectivity index (χ3v) is 6.69. The van der Waals surface area contributed by atoms with E-state index < -0.39 is 6.04 Å². The number of carbonyl (C=O) groups excluding carboxylic acids is 2. The SMILES string of the molecule is COC(=O)[C@@H]1CCCCN1C(=O)[C@H](c1cc(C)c(OC)c(OC)c1)C1CCCCC1. The third-order valence-electron chi connectivity index (χ3n) is 6.69. The van der Waals surface area contributed by atoms with Crippen LogP contribution in [0.2, 0.25) is 0 Å². The van der Waals surface area contributed by atoms with Crippen LogP contribution in [0, 0.1) is 12.8 Å². The second-order valence-corrected chi connectivity index (χ2v) is 8.52. The first-order valence-corrected chi connectivity index (χ1v) is 11.1. The van der Waals surface area contributed by atoms with E-state index in [1.807, 2.05) is 13.0 Å². The molecule has 1 aromatic carbocycles. The molecule has 0 radical (unpaired) electrons. The fraction of sp³-hybridized carbons (Fsp3) is 0.667. The first-order chi connectivity index (χ1) is 14.5. The number of ether oxygens (including phenoxy) is 3. The number of aryl methyl sites for hydroxylation is 1. The molecule has 0 unspecified atom stereocenters. The molecule has 6 nitrogen and oxygen atoms in total. The fourth-order valence-electron chi connectivity index (χ4n) is 5.20. The summed E-state index contributed by atoms with van der Waals surface area (Å²) < 4.78 is 16.1. The van der Waals surface area contributed by atoms with Crippen LogP contribution in [-0.4, -0.2) is 50.7 Å². The lowest BCUT2D eigenvalue weighted by Crippen LogP contribution is -2.51. The lowest BCUT2D eigenvalue weighted by atomic mass is 9.75. The maximum absolute atomic E-state index is 13.9. The summed E-state index contributed by atoms with van der Waals surface area (Å²) in [5.74, 6) is 1.06. The van der Waals surface area contributed by atoms with Crippen molar-refractivity contribution in [2.45, 2.75) is 70.3 Å². The molecule has 2 atom stereocenters. The van der Waals surface area contributed by atoms with Gasteiger partial charge in [0, 0.05) is 6.54 Å². The van der Waals surface area contributed by atoms with Crippen LogP contribution in [0.3, 0.4) is 0 Å². The van der Waals surface area contributed by atoms with Crippen molar-refractivity contribution in [2.24, 2.45) is 5.92 Å². The van der Waals surface area contributed by atoms with Gasteiger partial charge < -0.3 is 19.1 Å². The molecule has 0 aromatic heterocycles. The van der Waals surface area contributed by atoms with E-state index in [2.05, 4.69) is 6.07 Å². The van der Waals surface area contributed by atoms with Crippen LogP contribution in [0.4, 0.5) is 0 Å². The molecule has 1 saturated carbocycles. The van der Waals surface area contributed by atoms with Gasteiger partial charge in [-0.2, -0.15) is 0 Å². The Kier molecular flexibility index (Phi) is 7.62. The first kappa shape index (κ1) is 22.4. The zero-order valence-electron chi connectivity index (χ0n) is 18.7. The molecule has 0 bridgehead atoms. The highest BCUT2D eigenvalue weighted by atomic mass is 16.5. The second-order valence-electron chi connectivity index (χ2n) is 8.52. The van der Waals surface area contributed by atoms with Gasteiger partial charge in [-0.15, -0.1) is 0 Å². The van der Waals surface area contributed by atoms with Crippen molar-refractivity contribution < 1.29 is 23.8 Å². The number of amides is 1. The van der Waals surface area contributed by atoms with Gasteiger partial charge in [-0.25, -0.2) is 4.79 Å². The summed E-state index contributed by atoms with van der Waals surface area (Å²) in [7, 11) is 4.65.